The summed E-state index contributed by atoms with van der Waals surface area (Å²) < 4.78 is 1.52. The lowest BCUT2D eigenvalue weighted by Crippen LogP contribution is -2.18. The molecule has 0 spiro atoms. The van der Waals surface area contributed by atoms with E-state index in [0.29, 0.717) is 17.7 Å². The maximum atomic E-state index is 13.0. The first-order chi connectivity index (χ1) is 16.0. The number of hydrogen-bond donors (Lipinski definition) is 2. The zero-order chi connectivity index (χ0) is 23.4. The van der Waals surface area contributed by atoms with Crippen LogP contribution in [0.5, 0.6) is 0 Å². The molecule has 33 heavy (non-hydrogen) atoms. The van der Waals surface area contributed by atoms with Crippen molar-refractivity contribution in [2.75, 3.05) is 5.32 Å². The van der Waals surface area contributed by atoms with Crippen molar-refractivity contribution in [2.24, 2.45) is 0 Å². The zero-order valence-electron chi connectivity index (χ0n) is 18.4. The number of rotatable bonds is 7. The van der Waals surface area contributed by atoms with Crippen LogP contribution in [0.25, 0.3) is 11.3 Å². The minimum absolute atomic E-state index is 0.0740. The summed E-state index contributed by atoms with van der Waals surface area (Å²) in [5.74, 6) is -1.45. The quantitative estimate of drug-likeness (QED) is 0.430. The molecule has 1 amide bonds. The summed E-state index contributed by atoms with van der Waals surface area (Å²) in [5, 5.41) is 17.4. The maximum Gasteiger partial charge on any atom is 0.341 e. The summed E-state index contributed by atoms with van der Waals surface area (Å²) in [6.45, 7) is 4.19. The fourth-order valence-corrected chi connectivity index (χ4v) is 3.54. The SMILES string of the molecule is CCc1ccc(C(=O)Nc2c(C(=O)O)c(-c3ccc(C)nc3)nn2Cc2ccccc2)cc1. The normalized spacial score (nSPS) is 10.7. The van der Waals surface area contributed by atoms with Gasteiger partial charge in [0.25, 0.3) is 5.91 Å². The van der Waals surface area contributed by atoms with Gasteiger partial charge in [0.05, 0.1) is 6.54 Å². The van der Waals surface area contributed by atoms with Gasteiger partial charge in [0, 0.05) is 23.0 Å². The summed E-state index contributed by atoms with van der Waals surface area (Å²) in [4.78, 5) is 29.6. The van der Waals surface area contributed by atoms with Crippen molar-refractivity contribution in [1.29, 1.82) is 0 Å². The Bertz CT molecular complexity index is 1280. The first-order valence-corrected chi connectivity index (χ1v) is 10.7. The number of aromatic nitrogens is 3. The number of carbonyl (C=O) groups excluding carboxylic acids is 1. The summed E-state index contributed by atoms with van der Waals surface area (Å²) in [6, 6.07) is 20.4. The van der Waals surface area contributed by atoms with Gasteiger partial charge in [-0.1, -0.05) is 49.4 Å². The predicted molar refractivity (Wildman–Crippen MR) is 126 cm³/mol. The summed E-state index contributed by atoms with van der Waals surface area (Å²) in [7, 11) is 0. The van der Waals surface area contributed by atoms with Crippen molar-refractivity contribution < 1.29 is 14.7 Å². The van der Waals surface area contributed by atoms with E-state index in [1.165, 1.54) is 4.68 Å². The monoisotopic (exact) mass is 440 g/mol. The molecule has 2 heterocycles. The van der Waals surface area contributed by atoms with E-state index in [1.807, 2.05) is 56.3 Å². The molecule has 0 fully saturated rings. The van der Waals surface area contributed by atoms with E-state index in [4.69, 9.17) is 0 Å². The van der Waals surface area contributed by atoms with Crippen molar-refractivity contribution in [3.05, 3.63) is 101 Å². The second-order valence-electron chi connectivity index (χ2n) is 7.71. The van der Waals surface area contributed by atoms with Crippen LogP contribution in [0.3, 0.4) is 0 Å². The minimum Gasteiger partial charge on any atom is -0.477 e. The average Bonchev–Trinajstić information content (AvgIpc) is 3.18. The number of anilines is 1. The zero-order valence-corrected chi connectivity index (χ0v) is 18.4. The number of aromatic carboxylic acids is 1. The van der Waals surface area contributed by atoms with Gasteiger partial charge in [-0.15, -0.1) is 0 Å². The summed E-state index contributed by atoms with van der Waals surface area (Å²) in [5.41, 5.74) is 4.03. The molecule has 2 aromatic heterocycles. The third-order valence-corrected chi connectivity index (χ3v) is 5.38. The second kappa shape index (κ2) is 9.48. The van der Waals surface area contributed by atoms with E-state index in [0.717, 1.165) is 23.2 Å². The number of hydrogen-bond acceptors (Lipinski definition) is 4. The molecule has 4 rings (SSSR count). The van der Waals surface area contributed by atoms with Crippen LogP contribution in [0.2, 0.25) is 0 Å². The molecule has 0 saturated carbocycles. The Labute approximate surface area is 191 Å². The molecule has 0 unspecified atom stereocenters. The number of amides is 1. The number of nitrogens with one attached hydrogen (secondary N) is 1. The number of aryl methyl sites for hydroxylation is 2. The van der Waals surface area contributed by atoms with Gasteiger partial charge < -0.3 is 10.4 Å². The molecule has 0 radical (unpaired) electrons. The van der Waals surface area contributed by atoms with Crippen LogP contribution >= 0.6 is 0 Å². The van der Waals surface area contributed by atoms with Gasteiger partial charge in [0.1, 0.15) is 17.1 Å². The largest absolute Gasteiger partial charge is 0.477 e. The van der Waals surface area contributed by atoms with Crippen molar-refractivity contribution in [1.82, 2.24) is 14.8 Å². The van der Waals surface area contributed by atoms with Crippen LogP contribution in [-0.4, -0.2) is 31.7 Å². The van der Waals surface area contributed by atoms with E-state index in [9.17, 15) is 14.7 Å². The third-order valence-electron chi connectivity index (χ3n) is 5.38. The lowest BCUT2D eigenvalue weighted by Gasteiger charge is -2.11. The molecule has 0 aliphatic heterocycles. The van der Waals surface area contributed by atoms with Gasteiger partial charge in [0.15, 0.2) is 0 Å². The van der Waals surface area contributed by atoms with E-state index >= 15 is 0 Å². The molecule has 7 heteroatoms. The molecule has 7 nitrogen and oxygen atoms in total. The maximum absolute atomic E-state index is 13.0. The van der Waals surface area contributed by atoms with Gasteiger partial charge in [0.2, 0.25) is 0 Å². The first-order valence-electron chi connectivity index (χ1n) is 10.7. The van der Waals surface area contributed by atoms with Crippen molar-refractivity contribution in [3.8, 4) is 11.3 Å². The second-order valence-corrected chi connectivity index (χ2v) is 7.71. The van der Waals surface area contributed by atoms with Crippen molar-refractivity contribution in [3.63, 3.8) is 0 Å². The molecular formula is C26H24N4O3. The molecule has 0 saturated heterocycles. The van der Waals surface area contributed by atoms with Crippen LogP contribution < -0.4 is 5.32 Å². The number of benzene rings is 2. The van der Waals surface area contributed by atoms with Crippen LogP contribution in [0.1, 0.15) is 44.5 Å². The van der Waals surface area contributed by atoms with Crippen LogP contribution in [0.4, 0.5) is 5.82 Å². The van der Waals surface area contributed by atoms with Crippen molar-refractivity contribution in [2.45, 2.75) is 26.8 Å². The fourth-order valence-electron chi connectivity index (χ4n) is 3.54. The minimum atomic E-state index is -1.18. The summed E-state index contributed by atoms with van der Waals surface area (Å²) >= 11 is 0. The molecule has 166 valence electrons. The van der Waals surface area contributed by atoms with E-state index in [1.54, 1.807) is 30.5 Å². The Hall–Kier alpha value is -4.26. The van der Waals surface area contributed by atoms with Crippen LogP contribution in [0, 0.1) is 6.92 Å². The molecule has 0 aliphatic rings. The van der Waals surface area contributed by atoms with E-state index < -0.39 is 11.9 Å². The Balaban J connectivity index is 1.80. The van der Waals surface area contributed by atoms with Gasteiger partial charge >= 0.3 is 5.97 Å². The highest BCUT2D eigenvalue weighted by Crippen LogP contribution is 2.30. The number of pyridine rings is 1. The molecule has 2 aromatic carbocycles. The van der Waals surface area contributed by atoms with Gasteiger partial charge in [-0.3, -0.25) is 9.78 Å². The Morgan fingerprint density at radius 3 is 2.30 bits per heavy atom. The smallest absolute Gasteiger partial charge is 0.341 e. The Morgan fingerprint density at radius 1 is 0.970 bits per heavy atom. The molecule has 0 bridgehead atoms. The summed E-state index contributed by atoms with van der Waals surface area (Å²) in [6.07, 6.45) is 2.45. The number of nitrogens with zero attached hydrogens (tertiary/aromatic N) is 3. The van der Waals surface area contributed by atoms with Crippen LogP contribution in [-0.2, 0) is 13.0 Å². The van der Waals surface area contributed by atoms with Gasteiger partial charge in [-0.2, -0.15) is 5.10 Å². The highest BCUT2D eigenvalue weighted by molar-refractivity contribution is 6.09. The number of carboxylic acids is 1. The molecular weight excluding hydrogens is 416 g/mol. The third kappa shape index (κ3) is 4.82. The number of carboxylic acid groups (broad SMARTS) is 1. The van der Waals surface area contributed by atoms with E-state index in [-0.39, 0.29) is 17.1 Å². The lowest BCUT2D eigenvalue weighted by molar-refractivity contribution is 0.0699. The topological polar surface area (TPSA) is 97.1 Å². The Kier molecular flexibility index (Phi) is 6.31. The van der Waals surface area contributed by atoms with Crippen molar-refractivity contribution >= 4 is 17.7 Å². The van der Waals surface area contributed by atoms with E-state index in [2.05, 4.69) is 15.4 Å². The fraction of sp³-hybridized carbons (Fsp3) is 0.154. The predicted octanol–water partition coefficient (Wildman–Crippen LogP) is 4.81. The van der Waals surface area contributed by atoms with Gasteiger partial charge in [-0.05, 0) is 48.7 Å². The standard InChI is InChI=1S/C26H24N4O3/c1-3-18-10-13-20(14-11-18)25(31)28-24-22(26(32)33)23(21-12-9-17(2)27-15-21)29-30(24)16-19-7-5-4-6-8-19/h4-15H,3,16H2,1-2H3,(H,28,31)(H,32,33). The van der Waals surface area contributed by atoms with Gasteiger partial charge in [-0.25, -0.2) is 9.48 Å². The molecule has 4 aromatic rings. The van der Waals surface area contributed by atoms with Crippen LogP contribution in [0.15, 0.2) is 72.9 Å². The molecule has 0 atom stereocenters. The molecule has 0 aliphatic carbocycles. The highest BCUT2D eigenvalue weighted by Gasteiger charge is 2.26. The number of carbonyl (C=O) groups is 2. The highest BCUT2D eigenvalue weighted by atomic mass is 16.4. The Morgan fingerprint density at radius 2 is 1.70 bits per heavy atom. The molecule has 2 N–H and O–H groups in total. The lowest BCUT2D eigenvalue weighted by atomic mass is 10.1. The average molecular weight is 441 g/mol. The first kappa shape index (κ1) is 22.0.